The van der Waals surface area contributed by atoms with E-state index in [2.05, 4.69) is 10.6 Å². The van der Waals surface area contributed by atoms with Crippen LogP contribution in [0.15, 0.2) is 0 Å². The van der Waals surface area contributed by atoms with Gasteiger partial charge in [0.05, 0.1) is 13.2 Å². The van der Waals surface area contributed by atoms with Gasteiger partial charge in [-0.05, 0) is 18.6 Å². The number of methoxy groups -OCH3 is 1. The monoisotopic (exact) mass is 218 g/mol. The van der Waals surface area contributed by atoms with Crippen LogP contribution >= 0.6 is 12.2 Å². The van der Waals surface area contributed by atoms with Gasteiger partial charge in [-0.2, -0.15) is 0 Å². The van der Waals surface area contributed by atoms with Crippen molar-refractivity contribution in [2.75, 3.05) is 40.0 Å². The Morgan fingerprint density at radius 2 is 2.43 bits per heavy atom. The molecule has 1 fully saturated rings. The molecule has 82 valence electrons. The average Bonchev–Trinajstić information content (AvgIpc) is 2.68. The molecule has 0 spiro atoms. The highest BCUT2D eigenvalue weighted by Crippen LogP contribution is 2.10. The molecule has 0 saturated carbocycles. The summed E-state index contributed by atoms with van der Waals surface area (Å²) in [5, 5.41) is 6.93. The summed E-state index contributed by atoms with van der Waals surface area (Å²) in [6, 6.07) is 0. The minimum Gasteiger partial charge on any atom is -0.383 e. The van der Waals surface area contributed by atoms with Crippen LogP contribution in [0, 0.1) is 5.92 Å². The maximum Gasteiger partial charge on any atom is 0.166 e. The van der Waals surface area contributed by atoms with Gasteiger partial charge in [-0.15, -0.1) is 0 Å². The van der Waals surface area contributed by atoms with E-state index in [0.29, 0.717) is 17.6 Å². The Bertz CT molecular complexity index is 172. The summed E-state index contributed by atoms with van der Waals surface area (Å²) in [5.41, 5.74) is 0. The van der Waals surface area contributed by atoms with E-state index in [4.69, 9.17) is 21.7 Å². The number of rotatable bonds is 5. The molecule has 1 unspecified atom stereocenters. The van der Waals surface area contributed by atoms with Crippen LogP contribution in [0.5, 0.6) is 0 Å². The molecule has 0 amide bonds. The van der Waals surface area contributed by atoms with E-state index in [1.807, 2.05) is 0 Å². The van der Waals surface area contributed by atoms with Crippen molar-refractivity contribution in [3.05, 3.63) is 0 Å². The first-order chi connectivity index (χ1) is 6.83. The first-order valence-electron chi connectivity index (χ1n) is 4.91. The third-order valence-electron chi connectivity index (χ3n) is 2.17. The van der Waals surface area contributed by atoms with Crippen molar-refractivity contribution in [2.45, 2.75) is 6.42 Å². The van der Waals surface area contributed by atoms with Gasteiger partial charge < -0.3 is 20.1 Å². The van der Waals surface area contributed by atoms with Crippen molar-refractivity contribution < 1.29 is 9.47 Å². The predicted molar refractivity (Wildman–Crippen MR) is 59.4 cm³/mol. The molecular formula is C9H18N2O2S. The summed E-state index contributed by atoms with van der Waals surface area (Å²) in [6.45, 7) is 4.07. The standard InChI is InChI=1S/C9H18N2O2S/c1-12-5-3-10-9(14)11-6-8-2-4-13-7-8/h8H,2-7H2,1H3,(H2,10,11,14). The van der Waals surface area contributed by atoms with Crippen LogP contribution in [0.2, 0.25) is 0 Å². The minimum atomic E-state index is 0.608. The summed E-state index contributed by atoms with van der Waals surface area (Å²) in [4.78, 5) is 0. The average molecular weight is 218 g/mol. The molecule has 0 aromatic heterocycles. The Morgan fingerprint density at radius 1 is 1.57 bits per heavy atom. The first-order valence-corrected chi connectivity index (χ1v) is 5.32. The largest absolute Gasteiger partial charge is 0.383 e. The van der Waals surface area contributed by atoms with Crippen molar-refractivity contribution in [2.24, 2.45) is 5.92 Å². The Morgan fingerprint density at radius 3 is 3.07 bits per heavy atom. The van der Waals surface area contributed by atoms with Crippen LogP contribution in [0.1, 0.15) is 6.42 Å². The molecule has 1 rings (SSSR count). The molecular weight excluding hydrogens is 200 g/mol. The van der Waals surface area contributed by atoms with E-state index in [1.54, 1.807) is 7.11 Å². The van der Waals surface area contributed by atoms with Gasteiger partial charge in [0.2, 0.25) is 0 Å². The third-order valence-corrected chi connectivity index (χ3v) is 2.46. The normalized spacial score (nSPS) is 20.8. The molecule has 0 aromatic rings. The molecule has 14 heavy (non-hydrogen) atoms. The van der Waals surface area contributed by atoms with Crippen molar-refractivity contribution in [3.8, 4) is 0 Å². The summed E-state index contributed by atoms with van der Waals surface area (Å²) in [6.07, 6.45) is 1.13. The Kier molecular flexibility index (Phi) is 5.82. The number of ether oxygens (including phenoxy) is 2. The van der Waals surface area contributed by atoms with E-state index < -0.39 is 0 Å². The maximum absolute atomic E-state index is 5.26. The predicted octanol–water partition coefficient (Wildman–Crippen LogP) is 0.133. The highest BCUT2D eigenvalue weighted by atomic mass is 32.1. The Balaban J connectivity index is 1.96. The first kappa shape index (κ1) is 11.7. The van der Waals surface area contributed by atoms with Gasteiger partial charge in [-0.1, -0.05) is 0 Å². The highest BCUT2D eigenvalue weighted by Gasteiger charge is 2.15. The molecule has 1 aliphatic rings. The van der Waals surface area contributed by atoms with Crippen molar-refractivity contribution in [1.82, 2.24) is 10.6 Å². The summed E-state index contributed by atoms with van der Waals surface area (Å²) in [5.74, 6) is 0.608. The van der Waals surface area contributed by atoms with Crippen LogP contribution in [0.25, 0.3) is 0 Å². The van der Waals surface area contributed by atoms with Gasteiger partial charge in [0.1, 0.15) is 0 Å². The zero-order chi connectivity index (χ0) is 10.2. The van der Waals surface area contributed by atoms with Crippen LogP contribution in [0.3, 0.4) is 0 Å². The number of nitrogens with one attached hydrogen (secondary N) is 2. The summed E-state index contributed by atoms with van der Waals surface area (Å²) >= 11 is 5.08. The molecule has 0 aromatic carbocycles. The van der Waals surface area contributed by atoms with Crippen LogP contribution in [0.4, 0.5) is 0 Å². The van der Waals surface area contributed by atoms with Gasteiger partial charge in [0, 0.05) is 32.7 Å². The molecule has 0 bridgehead atoms. The van der Waals surface area contributed by atoms with Crippen molar-refractivity contribution in [1.29, 1.82) is 0 Å². The lowest BCUT2D eigenvalue weighted by molar-refractivity contribution is 0.186. The smallest absolute Gasteiger partial charge is 0.166 e. The molecule has 0 radical (unpaired) electrons. The van der Waals surface area contributed by atoms with E-state index >= 15 is 0 Å². The van der Waals surface area contributed by atoms with E-state index in [0.717, 1.165) is 32.7 Å². The van der Waals surface area contributed by atoms with E-state index in [1.165, 1.54) is 0 Å². The Hall–Kier alpha value is -0.390. The maximum atomic E-state index is 5.26. The second-order valence-corrected chi connectivity index (χ2v) is 3.77. The molecule has 1 heterocycles. The summed E-state index contributed by atoms with van der Waals surface area (Å²) in [7, 11) is 1.67. The van der Waals surface area contributed by atoms with Crippen LogP contribution < -0.4 is 10.6 Å². The van der Waals surface area contributed by atoms with Gasteiger partial charge in [-0.25, -0.2) is 0 Å². The second kappa shape index (κ2) is 6.98. The molecule has 1 saturated heterocycles. The highest BCUT2D eigenvalue weighted by molar-refractivity contribution is 7.80. The van der Waals surface area contributed by atoms with Crippen LogP contribution in [-0.2, 0) is 9.47 Å². The van der Waals surface area contributed by atoms with Gasteiger partial charge >= 0.3 is 0 Å². The SMILES string of the molecule is COCCNC(=S)NCC1CCOC1. The molecule has 2 N–H and O–H groups in total. The molecule has 0 aliphatic carbocycles. The number of hydrogen-bond donors (Lipinski definition) is 2. The topological polar surface area (TPSA) is 42.5 Å². The molecule has 1 aliphatic heterocycles. The van der Waals surface area contributed by atoms with E-state index in [-0.39, 0.29) is 0 Å². The second-order valence-electron chi connectivity index (χ2n) is 3.36. The van der Waals surface area contributed by atoms with Crippen LogP contribution in [-0.4, -0.2) is 45.1 Å². The zero-order valence-corrected chi connectivity index (χ0v) is 9.36. The van der Waals surface area contributed by atoms with Gasteiger partial charge in [0.25, 0.3) is 0 Å². The zero-order valence-electron chi connectivity index (χ0n) is 8.54. The minimum absolute atomic E-state index is 0.608. The summed E-state index contributed by atoms with van der Waals surface area (Å²) < 4.78 is 10.2. The van der Waals surface area contributed by atoms with Crippen molar-refractivity contribution in [3.63, 3.8) is 0 Å². The van der Waals surface area contributed by atoms with Gasteiger partial charge in [-0.3, -0.25) is 0 Å². The fourth-order valence-corrected chi connectivity index (χ4v) is 1.50. The molecule has 5 heteroatoms. The lowest BCUT2D eigenvalue weighted by Crippen LogP contribution is -2.39. The molecule has 1 atom stereocenters. The Labute approximate surface area is 90.3 Å². The van der Waals surface area contributed by atoms with Gasteiger partial charge in [0.15, 0.2) is 5.11 Å². The van der Waals surface area contributed by atoms with E-state index in [9.17, 15) is 0 Å². The lowest BCUT2D eigenvalue weighted by atomic mass is 10.1. The fraction of sp³-hybridized carbons (Fsp3) is 0.889. The fourth-order valence-electron chi connectivity index (χ4n) is 1.31. The van der Waals surface area contributed by atoms with Crippen molar-refractivity contribution >= 4 is 17.3 Å². The quantitative estimate of drug-likeness (QED) is 0.507. The third kappa shape index (κ3) is 4.74. The molecule has 4 nitrogen and oxygen atoms in total. The number of hydrogen-bond acceptors (Lipinski definition) is 3. The number of thiocarbonyl (C=S) groups is 1. The lowest BCUT2D eigenvalue weighted by Gasteiger charge is -2.12.